The molecule has 0 aliphatic rings. The number of aromatic carboxylic acids is 1. The Morgan fingerprint density at radius 3 is 2.17 bits per heavy atom. The molecule has 1 rings (SSSR count). The van der Waals surface area contributed by atoms with Crippen LogP contribution in [0, 0.1) is 0 Å². The van der Waals surface area contributed by atoms with Gasteiger partial charge in [-0.05, 0) is 11.1 Å². The number of hydrogen-bond acceptors (Lipinski definition) is 2. The molecule has 0 bridgehead atoms. The Bertz CT molecular complexity index is 277. The van der Waals surface area contributed by atoms with Gasteiger partial charge in [0, 0.05) is 0 Å². The molecule has 0 saturated carbocycles. The van der Waals surface area contributed by atoms with Gasteiger partial charge in [-0.1, -0.05) is 36.9 Å². The number of carboxylic acids is 1. The number of benzene rings is 1. The van der Waals surface area contributed by atoms with Gasteiger partial charge >= 0.3 is 18.9 Å². The second-order valence-corrected chi connectivity index (χ2v) is 2.11. The molecule has 0 aliphatic heterocycles. The fraction of sp³-hybridized carbons (Fsp3) is 0. The largest absolute Gasteiger partial charge is 1.00 e. The number of carbonyl (C=O) groups is 1. The Hall–Kier alpha value is -0.973. The summed E-state index contributed by atoms with van der Waals surface area (Å²) in [5.41, 5.74) is 1.09. The van der Waals surface area contributed by atoms with Gasteiger partial charge in [0.2, 0.25) is 0 Å². The molecule has 1 aromatic carbocycles. The van der Waals surface area contributed by atoms with E-state index in [0.717, 1.165) is 5.56 Å². The summed E-state index contributed by atoms with van der Waals surface area (Å²) in [6, 6.07) is 6.34. The minimum Gasteiger partial charge on any atom is -0.545 e. The molecule has 1 aromatic rings. The normalized spacial score (nSPS) is 8.33. The summed E-state index contributed by atoms with van der Waals surface area (Å²) < 4.78 is 0. The maximum Gasteiger partial charge on any atom is 1.00 e. The van der Waals surface area contributed by atoms with Crippen molar-refractivity contribution in [3.05, 3.63) is 42.0 Å². The van der Waals surface area contributed by atoms with E-state index in [-0.39, 0.29) is 24.4 Å². The minimum atomic E-state index is -1.15. The summed E-state index contributed by atoms with van der Waals surface area (Å²) in [4.78, 5) is 10.3. The molecule has 0 unspecified atom stereocenters. The van der Waals surface area contributed by atoms with E-state index in [1.807, 2.05) is 0 Å². The zero-order valence-corrected chi connectivity index (χ0v) is 6.91. The molecule has 0 amide bonds. The van der Waals surface area contributed by atoms with Crippen LogP contribution < -0.4 is 24.0 Å². The first kappa shape index (κ1) is 11.0. The van der Waals surface area contributed by atoms with E-state index in [1.165, 1.54) is 12.1 Å². The summed E-state index contributed by atoms with van der Waals surface area (Å²) >= 11 is 0. The Labute approximate surface area is 83.1 Å². The van der Waals surface area contributed by atoms with Crippen LogP contribution in [0.25, 0.3) is 6.08 Å². The molecule has 0 spiro atoms. The van der Waals surface area contributed by atoms with Crippen LogP contribution in [0.2, 0.25) is 0 Å². The standard InChI is InChI=1S/C9H8O2.Li/c1-2-7-3-5-8(6-4-7)9(10)11;/h2-6H,1H2,(H,10,11);/q;+1/p-1. The summed E-state index contributed by atoms with van der Waals surface area (Å²) in [6.07, 6.45) is 1.65. The van der Waals surface area contributed by atoms with Gasteiger partial charge in [0.05, 0.1) is 5.97 Å². The van der Waals surface area contributed by atoms with Crippen LogP contribution >= 0.6 is 0 Å². The van der Waals surface area contributed by atoms with Gasteiger partial charge in [0.1, 0.15) is 0 Å². The van der Waals surface area contributed by atoms with Crippen molar-refractivity contribution in [2.75, 3.05) is 0 Å². The average molecular weight is 154 g/mol. The van der Waals surface area contributed by atoms with Crippen molar-refractivity contribution < 1.29 is 28.8 Å². The summed E-state index contributed by atoms with van der Waals surface area (Å²) in [7, 11) is 0. The van der Waals surface area contributed by atoms with Crippen molar-refractivity contribution in [3.63, 3.8) is 0 Å². The van der Waals surface area contributed by atoms with E-state index in [4.69, 9.17) is 0 Å². The fourth-order valence-corrected chi connectivity index (χ4v) is 0.755. The van der Waals surface area contributed by atoms with Crippen molar-refractivity contribution in [1.82, 2.24) is 0 Å². The second kappa shape index (κ2) is 4.82. The molecule has 0 radical (unpaired) electrons. The van der Waals surface area contributed by atoms with Gasteiger partial charge in [0.25, 0.3) is 0 Å². The molecule has 0 saturated heterocycles. The number of carboxylic acid groups (broad SMARTS) is 1. The van der Waals surface area contributed by atoms with Gasteiger partial charge in [-0.3, -0.25) is 0 Å². The SMILES string of the molecule is C=Cc1ccc(C(=O)[O-])cc1.[Li+]. The van der Waals surface area contributed by atoms with E-state index in [2.05, 4.69) is 6.58 Å². The summed E-state index contributed by atoms with van der Waals surface area (Å²) in [5.74, 6) is -1.15. The van der Waals surface area contributed by atoms with E-state index >= 15 is 0 Å². The van der Waals surface area contributed by atoms with Crippen molar-refractivity contribution in [3.8, 4) is 0 Å². The zero-order chi connectivity index (χ0) is 8.27. The third-order valence-electron chi connectivity index (χ3n) is 1.38. The molecule has 0 N–H and O–H groups in total. The predicted octanol–water partition coefficient (Wildman–Crippen LogP) is -2.30. The fourth-order valence-electron chi connectivity index (χ4n) is 0.755. The molecule has 0 atom stereocenters. The zero-order valence-electron chi connectivity index (χ0n) is 6.91. The molecule has 56 valence electrons. The van der Waals surface area contributed by atoms with Crippen LogP contribution in [0.5, 0.6) is 0 Å². The second-order valence-electron chi connectivity index (χ2n) is 2.11. The molecule has 2 nitrogen and oxygen atoms in total. The molecule has 0 aliphatic carbocycles. The van der Waals surface area contributed by atoms with Gasteiger partial charge in [-0.2, -0.15) is 0 Å². The summed E-state index contributed by atoms with van der Waals surface area (Å²) in [5, 5.41) is 10.3. The summed E-state index contributed by atoms with van der Waals surface area (Å²) in [6.45, 7) is 3.54. The third kappa shape index (κ3) is 2.58. The van der Waals surface area contributed by atoms with Crippen molar-refractivity contribution in [2.24, 2.45) is 0 Å². The van der Waals surface area contributed by atoms with Crippen molar-refractivity contribution in [1.29, 1.82) is 0 Å². The first-order valence-corrected chi connectivity index (χ1v) is 3.18. The molecular formula is C9H7LiO2. The molecule has 0 aromatic heterocycles. The number of rotatable bonds is 2. The third-order valence-corrected chi connectivity index (χ3v) is 1.38. The van der Waals surface area contributed by atoms with E-state index in [1.54, 1.807) is 18.2 Å². The molecule has 0 fully saturated rings. The maximum atomic E-state index is 10.3. The van der Waals surface area contributed by atoms with E-state index in [9.17, 15) is 9.90 Å². The average Bonchev–Trinajstić information content (AvgIpc) is 2.05. The van der Waals surface area contributed by atoms with Crippen LogP contribution in [0.15, 0.2) is 30.8 Å². The smallest absolute Gasteiger partial charge is 0.545 e. The topological polar surface area (TPSA) is 40.1 Å². The Morgan fingerprint density at radius 1 is 1.33 bits per heavy atom. The van der Waals surface area contributed by atoms with E-state index in [0.29, 0.717) is 0 Å². The first-order valence-electron chi connectivity index (χ1n) is 3.18. The van der Waals surface area contributed by atoms with Gasteiger partial charge in [0.15, 0.2) is 0 Å². The van der Waals surface area contributed by atoms with Crippen LogP contribution in [-0.4, -0.2) is 5.97 Å². The molecule has 0 heterocycles. The van der Waals surface area contributed by atoms with Crippen LogP contribution in [-0.2, 0) is 0 Å². The van der Waals surface area contributed by atoms with Crippen LogP contribution in [0.4, 0.5) is 0 Å². The quantitative estimate of drug-likeness (QED) is 0.449. The van der Waals surface area contributed by atoms with E-state index < -0.39 is 5.97 Å². The van der Waals surface area contributed by atoms with Crippen LogP contribution in [0.3, 0.4) is 0 Å². The first-order chi connectivity index (χ1) is 5.24. The number of hydrogen-bond donors (Lipinski definition) is 0. The Kier molecular flexibility index (Phi) is 4.42. The number of carbonyl (C=O) groups excluding carboxylic acids is 1. The predicted molar refractivity (Wildman–Crippen MR) is 40.9 cm³/mol. The van der Waals surface area contributed by atoms with Gasteiger partial charge < -0.3 is 9.90 Å². The molecule has 12 heavy (non-hydrogen) atoms. The van der Waals surface area contributed by atoms with Crippen molar-refractivity contribution in [2.45, 2.75) is 0 Å². The van der Waals surface area contributed by atoms with Gasteiger partial charge in [-0.25, -0.2) is 0 Å². The van der Waals surface area contributed by atoms with Crippen molar-refractivity contribution >= 4 is 12.0 Å². The maximum absolute atomic E-state index is 10.3. The molecule has 3 heteroatoms. The monoisotopic (exact) mass is 154 g/mol. The minimum absolute atomic E-state index is 0. The Morgan fingerprint density at radius 2 is 1.83 bits per heavy atom. The molecular weight excluding hydrogens is 147 g/mol. The Balaban J connectivity index is 0.00000121. The van der Waals surface area contributed by atoms with Crippen LogP contribution in [0.1, 0.15) is 15.9 Å². The van der Waals surface area contributed by atoms with Gasteiger partial charge in [-0.15, -0.1) is 0 Å².